The molecule has 1 heterocycles. The van der Waals surface area contributed by atoms with E-state index in [9.17, 15) is 4.79 Å². The van der Waals surface area contributed by atoms with Gasteiger partial charge in [0.05, 0.1) is 0 Å². The van der Waals surface area contributed by atoms with Gasteiger partial charge in [-0.3, -0.25) is 0 Å². The predicted octanol–water partition coefficient (Wildman–Crippen LogP) is 3.89. The molecule has 1 aliphatic rings. The molecule has 21 heavy (non-hydrogen) atoms. The predicted molar refractivity (Wildman–Crippen MR) is 80.3 cm³/mol. The van der Waals surface area contributed by atoms with Gasteiger partial charge in [-0.1, -0.05) is 43.5 Å². The van der Waals surface area contributed by atoms with Crippen LogP contribution in [-0.4, -0.2) is 21.0 Å². The number of aromatic carboxylic acids is 1. The van der Waals surface area contributed by atoms with Gasteiger partial charge in [-0.2, -0.15) is 0 Å². The maximum absolute atomic E-state index is 11.0. The molecule has 2 aromatic rings. The number of rotatable bonds is 3. The van der Waals surface area contributed by atoms with E-state index in [-0.39, 0.29) is 5.69 Å². The van der Waals surface area contributed by atoms with Crippen LogP contribution in [-0.2, 0) is 0 Å². The minimum Gasteiger partial charge on any atom is -0.477 e. The molecule has 1 aliphatic carbocycles. The Bertz CT molecular complexity index is 631. The second-order valence-electron chi connectivity index (χ2n) is 5.53. The molecule has 0 spiro atoms. The van der Waals surface area contributed by atoms with Gasteiger partial charge in [-0.05, 0) is 30.4 Å². The summed E-state index contributed by atoms with van der Waals surface area (Å²) in [5.74, 6) is 0.0987. The molecule has 1 N–H and O–H groups in total. The standard InChI is InChI=1S/C17H18N2O2/c20-17(21)15-10-11-18-16(19-15)14-8-6-13(7-9-14)12-4-2-1-3-5-12/h6-12H,1-5H2,(H,20,21). The molecular weight excluding hydrogens is 264 g/mol. The first-order chi connectivity index (χ1) is 10.2. The monoisotopic (exact) mass is 282 g/mol. The summed E-state index contributed by atoms with van der Waals surface area (Å²) in [5.41, 5.74) is 2.25. The van der Waals surface area contributed by atoms with Crippen molar-refractivity contribution >= 4 is 5.97 Å². The van der Waals surface area contributed by atoms with Gasteiger partial charge in [0.2, 0.25) is 0 Å². The van der Waals surface area contributed by atoms with Gasteiger partial charge in [-0.25, -0.2) is 14.8 Å². The van der Waals surface area contributed by atoms with E-state index in [0.717, 1.165) is 5.56 Å². The Hall–Kier alpha value is -2.23. The number of hydrogen-bond donors (Lipinski definition) is 1. The molecule has 0 aliphatic heterocycles. The van der Waals surface area contributed by atoms with Crippen molar-refractivity contribution in [2.75, 3.05) is 0 Å². The summed E-state index contributed by atoms with van der Waals surface area (Å²) < 4.78 is 0. The second-order valence-corrected chi connectivity index (χ2v) is 5.53. The maximum atomic E-state index is 11.0. The molecule has 108 valence electrons. The minimum absolute atomic E-state index is 0.0244. The lowest BCUT2D eigenvalue weighted by molar-refractivity contribution is 0.0690. The number of benzene rings is 1. The fraction of sp³-hybridized carbons (Fsp3) is 0.353. The van der Waals surface area contributed by atoms with Crippen LogP contribution in [0.4, 0.5) is 0 Å². The Kier molecular flexibility index (Phi) is 3.95. The third-order valence-corrected chi connectivity index (χ3v) is 4.12. The van der Waals surface area contributed by atoms with Crippen molar-refractivity contribution in [2.45, 2.75) is 38.0 Å². The molecule has 0 radical (unpaired) electrons. The van der Waals surface area contributed by atoms with Gasteiger partial charge in [-0.15, -0.1) is 0 Å². The highest BCUT2D eigenvalue weighted by Crippen LogP contribution is 2.33. The summed E-state index contributed by atoms with van der Waals surface area (Å²) in [6, 6.07) is 9.64. The molecule has 4 heteroatoms. The third kappa shape index (κ3) is 3.10. The molecule has 1 aromatic carbocycles. The molecular formula is C17H18N2O2. The van der Waals surface area contributed by atoms with Crippen molar-refractivity contribution < 1.29 is 9.90 Å². The second kappa shape index (κ2) is 6.04. The Morgan fingerprint density at radius 2 is 1.76 bits per heavy atom. The van der Waals surface area contributed by atoms with E-state index in [1.54, 1.807) is 0 Å². The fourth-order valence-electron chi connectivity index (χ4n) is 2.96. The zero-order chi connectivity index (χ0) is 14.7. The number of carboxylic acids is 1. The number of aromatic nitrogens is 2. The lowest BCUT2D eigenvalue weighted by Crippen LogP contribution is -2.04. The van der Waals surface area contributed by atoms with Crippen LogP contribution < -0.4 is 0 Å². The van der Waals surface area contributed by atoms with Crippen molar-refractivity contribution in [3.8, 4) is 11.4 Å². The first-order valence-corrected chi connectivity index (χ1v) is 7.41. The fourth-order valence-corrected chi connectivity index (χ4v) is 2.96. The van der Waals surface area contributed by atoms with Gasteiger partial charge in [0, 0.05) is 11.8 Å². The molecule has 1 aromatic heterocycles. The molecule has 0 bridgehead atoms. The molecule has 0 amide bonds. The average molecular weight is 282 g/mol. The van der Waals surface area contributed by atoms with Crippen LogP contribution in [0.3, 0.4) is 0 Å². The lowest BCUT2D eigenvalue weighted by Gasteiger charge is -2.22. The zero-order valence-corrected chi connectivity index (χ0v) is 11.8. The largest absolute Gasteiger partial charge is 0.477 e. The van der Waals surface area contributed by atoms with E-state index < -0.39 is 5.97 Å². The van der Waals surface area contributed by atoms with Crippen molar-refractivity contribution in [3.05, 3.63) is 47.8 Å². The van der Waals surface area contributed by atoms with Crippen LogP contribution in [0.1, 0.15) is 54.1 Å². The quantitative estimate of drug-likeness (QED) is 0.927. The highest BCUT2D eigenvalue weighted by atomic mass is 16.4. The Labute approximate surface area is 123 Å². The Morgan fingerprint density at radius 3 is 2.43 bits per heavy atom. The lowest BCUT2D eigenvalue weighted by atomic mass is 9.84. The number of hydrogen-bond acceptors (Lipinski definition) is 3. The first kappa shape index (κ1) is 13.7. The van der Waals surface area contributed by atoms with E-state index in [1.807, 2.05) is 12.1 Å². The van der Waals surface area contributed by atoms with E-state index in [1.165, 1.54) is 49.9 Å². The maximum Gasteiger partial charge on any atom is 0.354 e. The van der Waals surface area contributed by atoms with E-state index in [4.69, 9.17) is 5.11 Å². The van der Waals surface area contributed by atoms with E-state index in [0.29, 0.717) is 11.7 Å². The summed E-state index contributed by atoms with van der Waals surface area (Å²) in [6.45, 7) is 0. The first-order valence-electron chi connectivity index (χ1n) is 7.41. The van der Waals surface area contributed by atoms with Crippen molar-refractivity contribution in [3.63, 3.8) is 0 Å². The number of carbonyl (C=O) groups is 1. The molecule has 0 atom stereocenters. The molecule has 1 saturated carbocycles. The van der Waals surface area contributed by atoms with Crippen LogP contribution in [0, 0.1) is 0 Å². The van der Waals surface area contributed by atoms with Crippen molar-refractivity contribution in [1.82, 2.24) is 9.97 Å². The normalized spacial score (nSPS) is 15.8. The van der Waals surface area contributed by atoms with Gasteiger partial charge in [0.25, 0.3) is 0 Å². The van der Waals surface area contributed by atoms with Gasteiger partial charge in [0.1, 0.15) is 0 Å². The molecule has 0 saturated heterocycles. The van der Waals surface area contributed by atoms with Crippen LogP contribution in [0.25, 0.3) is 11.4 Å². The molecule has 3 rings (SSSR count). The Morgan fingerprint density at radius 1 is 1.05 bits per heavy atom. The summed E-state index contributed by atoms with van der Waals surface area (Å²) >= 11 is 0. The topological polar surface area (TPSA) is 63.1 Å². The van der Waals surface area contributed by atoms with Crippen molar-refractivity contribution in [1.29, 1.82) is 0 Å². The minimum atomic E-state index is -1.03. The highest BCUT2D eigenvalue weighted by molar-refractivity contribution is 5.85. The van der Waals surface area contributed by atoms with Crippen LogP contribution >= 0.6 is 0 Å². The summed E-state index contributed by atoms with van der Waals surface area (Å²) in [4.78, 5) is 19.2. The number of carboxylic acid groups (broad SMARTS) is 1. The third-order valence-electron chi connectivity index (χ3n) is 4.12. The van der Waals surface area contributed by atoms with Gasteiger partial charge < -0.3 is 5.11 Å². The van der Waals surface area contributed by atoms with Crippen LogP contribution in [0.5, 0.6) is 0 Å². The van der Waals surface area contributed by atoms with Crippen LogP contribution in [0.15, 0.2) is 36.5 Å². The van der Waals surface area contributed by atoms with E-state index in [2.05, 4.69) is 22.1 Å². The Balaban J connectivity index is 1.83. The van der Waals surface area contributed by atoms with E-state index >= 15 is 0 Å². The SMILES string of the molecule is O=C(O)c1ccnc(-c2ccc(C3CCCCC3)cc2)n1. The molecule has 1 fully saturated rings. The molecule has 0 unspecified atom stereocenters. The molecule has 4 nitrogen and oxygen atoms in total. The zero-order valence-electron chi connectivity index (χ0n) is 11.8. The average Bonchev–Trinajstić information content (AvgIpc) is 2.56. The van der Waals surface area contributed by atoms with Gasteiger partial charge in [0.15, 0.2) is 11.5 Å². The number of nitrogens with zero attached hydrogens (tertiary/aromatic N) is 2. The summed E-state index contributed by atoms with van der Waals surface area (Å²) in [6.07, 6.45) is 8.01. The highest BCUT2D eigenvalue weighted by Gasteiger charge is 2.15. The smallest absolute Gasteiger partial charge is 0.354 e. The summed E-state index contributed by atoms with van der Waals surface area (Å²) in [7, 11) is 0. The van der Waals surface area contributed by atoms with Crippen LogP contribution in [0.2, 0.25) is 0 Å². The van der Waals surface area contributed by atoms with Crippen molar-refractivity contribution in [2.24, 2.45) is 0 Å². The van der Waals surface area contributed by atoms with Gasteiger partial charge >= 0.3 is 5.97 Å². The summed E-state index contributed by atoms with van der Waals surface area (Å²) in [5, 5.41) is 8.98.